The molecule has 0 radical (unpaired) electrons. The third-order valence-corrected chi connectivity index (χ3v) is 3.10. The van der Waals surface area contributed by atoms with Crippen LogP contribution in [-0.2, 0) is 4.74 Å². The predicted molar refractivity (Wildman–Crippen MR) is 68.0 cm³/mol. The van der Waals surface area contributed by atoms with Gasteiger partial charge >= 0.3 is 5.97 Å². The number of nitrogens with one attached hydrogen (secondary N) is 1. The molecule has 4 nitrogen and oxygen atoms in total. The highest BCUT2D eigenvalue weighted by molar-refractivity contribution is 5.96. The van der Waals surface area contributed by atoms with Gasteiger partial charge in [-0.05, 0) is 38.3 Å². The number of ether oxygens (including phenoxy) is 1. The van der Waals surface area contributed by atoms with Gasteiger partial charge in [0.15, 0.2) is 0 Å². The molecule has 1 aromatic carbocycles. The van der Waals surface area contributed by atoms with Crippen LogP contribution < -0.4 is 11.1 Å². The van der Waals surface area contributed by atoms with E-state index in [1.807, 2.05) is 0 Å². The maximum absolute atomic E-state index is 13.7. The van der Waals surface area contributed by atoms with Gasteiger partial charge in [-0.25, -0.2) is 9.18 Å². The molecule has 1 aliphatic carbocycles. The quantitative estimate of drug-likeness (QED) is 0.638. The summed E-state index contributed by atoms with van der Waals surface area (Å²) >= 11 is 0. The van der Waals surface area contributed by atoms with Crippen molar-refractivity contribution in [3.8, 4) is 0 Å². The Morgan fingerprint density at radius 3 is 2.83 bits per heavy atom. The molecule has 0 bridgehead atoms. The Hall–Kier alpha value is -1.78. The molecule has 1 fully saturated rings. The average molecular weight is 252 g/mol. The molecule has 2 rings (SSSR count). The van der Waals surface area contributed by atoms with E-state index in [9.17, 15) is 9.18 Å². The lowest BCUT2D eigenvalue weighted by Gasteiger charge is -2.28. The van der Waals surface area contributed by atoms with Crippen molar-refractivity contribution in [3.63, 3.8) is 0 Å². The maximum atomic E-state index is 13.7. The Labute approximate surface area is 105 Å². The molecule has 0 amide bonds. The summed E-state index contributed by atoms with van der Waals surface area (Å²) in [5.74, 6) is -0.959. The van der Waals surface area contributed by atoms with E-state index in [2.05, 4.69) is 5.32 Å². The summed E-state index contributed by atoms with van der Waals surface area (Å²) in [6, 6.07) is 2.88. The fraction of sp³-hybridized carbons (Fsp3) is 0.462. The number of esters is 1. The van der Waals surface area contributed by atoms with E-state index >= 15 is 0 Å². The molecule has 0 spiro atoms. The number of hydrogen-bond acceptors (Lipinski definition) is 4. The molecule has 0 aromatic heterocycles. The Kier molecular flexibility index (Phi) is 3.69. The highest BCUT2D eigenvalue weighted by Crippen LogP contribution is 2.28. The van der Waals surface area contributed by atoms with Crippen LogP contribution in [0.25, 0.3) is 0 Å². The van der Waals surface area contributed by atoms with Gasteiger partial charge in [-0.15, -0.1) is 0 Å². The van der Waals surface area contributed by atoms with Crippen LogP contribution >= 0.6 is 0 Å². The highest BCUT2D eigenvalue weighted by atomic mass is 19.1. The van der Waals surface area contributed by atoms with Gasteiger partial charge in [0.05, 0.1) is 17.9 Å². The number of halogens is 1. The zero-order valence-corrected chi connectivity index (χ0v) is 10.3. The number of benzene rings is 1. The topological polar surface area (TPSA) is 64.3 Å². The van der Waals surface area contributed by atoms with Crippen LogP contribution in [0.5, 0.6) is 0 Å². The number of carbonyl (C=O) groups is 1. The summed E-state index contributed by atoms with van der Waals surface area (Å²) in [5, 5.41) is 3.07. The third kappa shape index (κ3) is 2.55. The first-order chi connectivity index (χ1) is 8.61. The molecule has 0 atom stereocenters. The van der Waals surface area contributed by atoms with Gasteiger partial charge in [-0.3, -0.25) is 0 Å². The van der Waals surface area contributed by atoms with Gasteiger partial charge in [0.2, 0.25) is 0 Å². The Bertz CT molecular complexity index is 459. The van der Waals surface area contributed by atoms with Crippen LogP contribution in [0.2, 0.25) is 0 Å². The molecule has 0 unspecified atom stereocenters. The monoisotopic (exact) mass is 252 g/mol. The van der Waals surface area contributed by atoms with E-state index in [0.29, 0.717) is 5.69 Å². The minimum absolute atomic E-state index is 0.102. The van der Waals surface area contributed by atoms with Crippen molar-refractivity contribution in [2.75, 3.05) is 17.7 Å². The minimum atomic E-state index is -0.522. The molecular weight excluding hydrogens is 235 g/mol. The minimum Gasteiger partial charge on any atom is -0.462 e. The van der Waals surface area contributed by atoms with Crippen molar-refractivity contribution >= 4 is 17.3 Å². The van der Waals surface area contributed by atoms with Crippen LogP contribution in [0.15, 0.2) is 12.1 Å². The molecule has 0 heterocycles. The Morgan fingerprint density at radius 1 is 1.56 bits per heavy atom. The van der Waals surface area contributed by atoms with Crippen LogP contribution in [0.3, 0.4) is 0 Å². The second-order valence-electron chi connectivity index (χ2n) is 4.41. The maximum Gasteiger partial charge on any atom is 0.340 e. The number of nitrogen functional groups attached to an aromatic ring is 1. The third-order valence-electron chi connectivity index (χ3n) is 3.10. The summed E-state index contributed by atoms with van der Waals surface area (Å²) in [4.78, 5) is 11.6. The number of nitrogens with two attached hydrogens (primary N) is 1. The fourth-order valence-electron chi connectivity index (χ4n) is 1.86. The van der Waals surface area contributed by atoms with Crippen molar-refractivity contribution in [2.45, 2.75) is 32.2 Å². The number of rotatable bonds is 4. The molecule has 1 aliphatic rings. The summed E-state index contributed by atoms with van der Waals surface area (Å²) in [7, 11) is 0. The van der Waals surface area contributed by atoms with Crippen LogP contribution in [-0.4, -0.2) is 18.6 Å². The summed E-state index contributed by atoms with van der Waals surface area (Å²) < 4.78 is 18.6. The number of anilines is 2. The van der Waals surface area contributed by atoms with Gasteiger partial charge in [-0.2, -0.15) is 0 Å². The largest absolute Gasteiger partial charge is 0.462 e. The standard InChI is InChI=1S/C13H17FN2O2/c1-2-18-13(17)9-6-12(10(14)7-11(9)15)16-8-4-3-5-8/h6-8,16H,2-5,15H2,1H3. The predicted octanol–water partition coefficient (Wildman–Crippen LogP) is 2.55. The average Bonchev–Trinajstić information content (AvgIpc) is 2.25. The van der Waals surface area contributed by atoms with Crippen molar-refractivity contribution in [3.05, 3.63) is 23.5 Å². The van der Waals surface area contributed by atoms with Crippen molar-refractivity contribution in [1.82, 2.24) is 0 Å². The lowest BCUT2D eigenvalue weighted by Crippen LogP contribution is -2.27. The lowest BCUT2D eigenvalue weighted by molar-refractivity contribution is 0.0527. The normalized spacial score (nSPS) is 15.0. The lowest BCUT2D eigenvalue weighted by atomic mass is 9.93. The second kappa shape index (κ2) is 5.25. The molecule has 3 N–H and O–H groups in total. The molecule has 18 heavy (non-hydrogen) atoms. The van der Waals surface area contributed by atoms with Crippen molar-refractivity contribution in [1.29, 1.82) is 0 Å². The number of hydrogen-bond donors (Lipinski definition) is 2. The van der Waals surface area contributed by atoms with Gasteiger partial charge in [0.1, 0.15) is 5.82 Å². The van der Waals surface area contributed by atoms with E-state index < -0.39 is 11.8 Å². The second-order valence-corrected chi connectivity index (χ2v) is 4.41. The van der Waals surface area contributed by atoms with Crippen molar-refractivity contribution in [2.24, 2.45) is 0 Å². The van der Waals surface area contributed by atoms with Gasteiger partial charge < -0.3 is 15.8 Å². The first-order valence-electron chi connectivity index (χ1n) is 6.14. The van der Waals surface area contributed by atoms with Crippen molar-refractivity contribution < 1.29 is 13.9 Å². The zero-order chi connectivity index (χ0) is 13.1. The molecule has 5 heteroatoms. The summed E-state index contributed by atoms with van der Waals surface area (Å²) in [5.41, 5.74) is 6.26. The Balaban J connectivity index is 2.23. The molecular formula is C13H17FN2O2. The molecule has 98 valence electrons. The zero-order valence-electron chi connectivity index (χ0n) is 10.3. The smallest absolute Gasteiger partial charge is 0.340 e. The summed E-state index contributed by atoms with van der Waals surface area (Å²) in [6.45, 7) is 1.98. The van der Waals surface area contributed by atoms with Gasteiger partial charge in [0.25, 0.3) is 0 Å². The van der Waals surface area contributed by atoms with E-state index in [4.69, 9.17) is 10.5 Å². The first-order valence-corrected chi connectivity index (χ1v) is 6.14. The van der Waals surface area contributed by atoms with E-state index in [0.717, 1.165) is 25.3 Å². The molecule has 0 aliphatic heterocycles. The SMILES string of the molecule is CCOC(=O)c1cc(NC2CCC2)c(F)cc1N. The number of carbonyl (C=O) groups excluding carboxylic acids is 1. The highest BCUT2D eigenvalue weighted by Gasteiger charge is 2.20. The molecule has 1 aromatic rings. The molecule has 0 saturated heterocycles. The van der Waals surface area contributed by atoms with Gasteiger partial charge in [-0.1, -0.05) is 0 Å². The van der Waals surface area contributed by atoms with Crippen LogP contribution in [0.4, 0.5) is 15.8 Å². The van der Waals surface area contributed by atoms with E-state index in [1.165, 1.54) is 6.07 Å². The molecule has 1 saturated carbocycles. The fourth-order valence-corrected chi connectivity index (χ4v) is 1.86. The Morgan fingerprint density at radius 2 is 2.28 bits per heavy atom. The van der Waals surface area contributed by atoms with Gasteiger partial charge in [0, 0.05) is 11.7 Å². The van der Waals surface area contributed by atoms with E-state index in [-0.39, 0.29) is 23.9 Å². The summed E-state index contributed by atoms with van der Waals surface area (Å²) in [6.07, 6.45) is 3.20. The van der Waals surface area contributed by atoms with Crippen LogP contribution in [0, 0.1) is 5.82 Å². The van der Waals surface area contributed by atoms with E-state index in [1.54, 1.807) is 6.92 Å². The first kappa shape index (κ1) is 12.7. The van der Waals surface area contributed by atoms with Crippen LogP contribution in [0.1, 0.15) is 36.5 Å².